The predicted octanol–water partition coefficient (Wildman–Crippen LogP) is 0.107. The fourth-order valence-corrected chi connectivity index (χ4v) is 1.86. The van der Waals surface area contributed by atoms with Gasteiger partial charge in [-0.2, -0.15) is 9.78 Å². The van der Waals surface area contributed by atoms with Crippen LogP contribution in [0.5, 0.6) is 0 Å². The van der Waals surface area contributed by atoms with Gasteiger partial charge in [-0.25, -0.2) is 15.0 Å². The number of rotatable bonds is 4. The molecule has 2 aromatic heterocycles. The van der Waals surface area contributed by atoms with Gasteiger partial charge in [-0.3, -0.25) is 0 Å². The Morgan fingerprint density at radius 1 is 1.33 bits per heavy atom. The summed E-state index contributed by atoms with van der Waals surface area (Å²) in [6.07, 6.45) is 4.89. The van der Waals surface area contributed by atoms with Crippen molar-refractivity contribution >= 4 is 0 Å². The SMILES string of the molecule is CC(NC1COC1)c1ncnn1-c1ncccn1. The van der Waals surface area contributed by atoms with Gasteiger partial charge in [-0.05, 0) is 13.0 Å². The average molecular weight is 246 g/mol. The van der Waals surface area contributed by atoms with Gasteiger partial charge in [0.05, 0.1) is 25.3 Å². The van der Waals surface area contributed by atoms with Crippen molar-refractivity contribution in [3.8, 4) is 5.95 Å². The number of nitrogens with zero attached hydrogens (tertiary/aromatic N) is 5. The van der Waals surface area contributed by atoms with Gasteiger partial charge >= 0.3 is 0 Å². The molecule has 0 radical (unpaired) electrons. The van der Waals surface area contributed by atoms with Crippen LogP contribution in [0.3, 0.4) is 0 Å². The third kappa shape index (κ3) is 2.09. The van der Waals surface area contributed by atoms with Gasteiger partial charge in [0.2, 0.25) is 0 Å². The molecular weight excluding hydrogens is 232 g/mol. The van der Waals surface area contributed by atoms with Crippen molar-refractivity contribution < 1.29 is 4.74 Å². The van der Waals surface area contributed by atoms with E-state index >= 15 is 0 Å². The van der Waals surface area contributed by atoms with E-state index in [4.69, 9.17) is 4.74 Å². The van der Waals surface area contributed by atoms with Gasteiger partial charge in [0.15, 0.2) is 5.82 Å². The van der Waals surface area contributed by atoms with Crippen molar-refractivity contribution in [2.75, 3.05) is 13.2 Å². The van der Waals surface area contributed by atoms with Crippen molar-refractivity contribution in [2.45, 2.75) is 19.0 Å². The molecule has 0 spiro atoms. The van der Waals surface area contributed by atoms with Crippen molar-refractivity contribution in [3.05, 3.63) is 30.6 Å². The first-order valence-corrected chi connectivity index (χ1v) is 5.85. The van der Waals surface area contributed by atoms with E-state index in [0.29, 0.717) is 12.0 Å². The summed E-state index contributed by atoms with van der Waals surface area (Å²) in [7, 11) is 0. The lowest BCUT2D eigenvalue weighted by molar-refractivity contribution is -0.00974. The van der Waals surface area contributed by atoms with E-state index in [2.05, 4.69) is 25.4 Å². The number of hydrogen-bond donors (Lipinski definition) is 1. The van der Waals surface area contributed by atoms with Crippen LogP contribution in [0.4, 0.5) is 0 Å². The molecule has 0 saturated carbocycles. The van der Waals surface area contributed by atoms with Crippen LogP contribution in [0.15, 0.2) is 24.8 Å². The molecule has 0 aromatic carbocycles. The van der Waals surface area contributed by atoms with E-state index in [-0.39, 0.29) is 6.04 Å². The smallest absolute Gasteiger partial charge is 0.252 e. The van der Waals surface area contributed by atoms with Gasteiger partial charge in [-0.15, -0.1) is 0 Å². The highest BCUT2D eigenvalue weighted by molar-refractivity contribution is 5.12. The Bertz CT molecular complexity index is 509. The molecule has 2 aromatic rings. The van der Waals surface area contributed by atoms with Gasteiger partial charge in [0.25, 0.3) is 5.95 Å². The summed E-state index contributed by atoms with van der Waals surface area (Å²) in [4.78, 5) is 12.6. The van der Waals surface area contributed by atoms with E-state index in [9.17, 15) is 0 Å². The van der Waals surface area contributed by atoms with Crippen LogP contribution >= 0.6 is 0 Å². The monoisotopic (exact) mass is 246 g/mol. The van der Waals surface area contributed by atoms with Gasteiger partial charge in [-0.1, -0.05) is 0 Å². The second-order valence-electron chi connectivity index (χ2n) is 4.20. The first-order chi connectivity index (χ1) is 8.84. The highest BCUT2D eigenvalue weighted by Crippen LogP contribution is 2.14. The Labute approximate surface area is 104 Å². The lowest BCUT2D eigenvalue weighted by Gasteiger charge is -2.29. The third-order valence-corrected chi connectivity index (χ3v) is 2.83. The number of hydrogen-bond acceptors (Lipinski definition) is 6. The number of aromatic nitrogens is 5. The Morgan fingerprint density at radius 2 is 2.11 bits per heavy atom. The van der Waals surface area contributed by atoms with Crippen molar-refractivity contribution in [1.82, 2.24) is 30.0 Å². The highest BCUT2D eigenvalue weighted by Gasteiger charge is 2.23. The Kier molecular flexibility index (Phi) is 2.99. The summed E-state index contributed by atoms with van der Waals surface area (Å²) in [5, 5.41) is 7.59. The molecule has 1 unspecified atom stereocenters. The summed E-state index contributed by atoms with van der Waals surface area (Å²) >= 11 is 0. The second-order valence-corrected chi connectivity index (χ2v) is 4.20. The topological polar surface area (TPSA) is 77.8 Å². The molecule has 94 valence electrons. The maximum Gasteiger partial charge on any atom is 0.252 e. The largest absolute Gasteiger partial charge is 0.378 e. The summed E-state index contributed by atoms with van der Waals surface area (Å²) in [6.45, 7) is 3.54. The standard InChI is InChI=1S/C11H14N6O/c1-8(16-9-5-18-6-9)10-14-7-15-17(10)11-12-3-2-4-13-11/h2-4,7-9,16H,5-6H2,1H3. The van der Waals surface area contributed by atoms with Crippen LogP contribution in [0, 0.1) is 0 Å². The van der Waals surface area contributed by atoms with Crippen LogP contribution in [-0.2, 0) is 4.74 Å². The Morgan fingerprint density at radius 3 is 2.78 bits per heavy atom. The first-order valence-electron chi connectivity index (χ1n) is 5.85. The fourth-order valence-electron chi connectivity index (χ4n) is 1.86. The molecule has 1 atom stereocenters. The minimum Gasteiger partial charge on any atom is -0.378 e. The molecule has 0 bridgehead atoms. The van der Waals surface area contributed by atoms with E-state index in [1.165, 1.54) is 6.33 Å². The molecule has 3 heterocycles. The third-order valence-electron chi connectivity index (χ3n) is 2.83. The van der Waals surface area contributed by atoms with Crippen molar-refractivity contribution in [2.24, 2.45) is 0 Å². The molecule has 1 aliphatic rings. The molecule has 18 heavy (non-hydrogen) atoms. The highest BCUT2D eigenvalue weighted by atomic mass is 16.5. The quantitative estimate of drug-likeness (QED) is 0.824. The Balaban J connectivity index is 1.82. The zero-order valence-corrected chi connectivity index (χ0v) is 10.0. The van der Waals surface area contributed by atoms with E-state index in [0.717, 1.165) is 19.0 Å². The molecular formula is C11H14N6O. The lowest BCUT2D eigenvalue weighted by atomic mass is 10.2. The molecule has 1 aliphatic heterocycles. The lowest BCUT2D eigenvalue weighted by Crippen LogP contribution is -2.47. The van der Waals surface area contributed by atoms with Crippen LogP contribution in [0.2, 0.25) is 0 Å². The number of nitrogens with one attached hydrogen (secondary N) is 1. The summed E-state index contributed by atoms with van der Waals surface area (Å²) in [6, 6.07) is 2.24. The summed E-state index contributed by atoms with van der Waals surface area (Å²) in [5.41, 5.74) is 0. The molecule has 0 aliphatic carbocycles. The minimum atomic E-state index is 0.0743. The zero-order chi connectivity index (χ0) is 12.4. The Hall–Kier alpha value is -1.86. The zero-order valence-electron chi connectivity index (χ0n) is 10.0. The molecule has 1 N–H and O–H groups in total. The fraction of sp³-hybridized carbons (Fsp3) is 0.455. The van der Waals surface area contributed by atoms with Crippen LogP contribution in [0.1, 0.15) is 18.8 Å². The maximum absolute atomic E-state index is 5.14. The molecule has 0 amide bonds. The van der Waals surface area contributed by atoms with E-state index in [1.807, 2.05) is 6.92 Å². The van der Waals surface area contributed by atoms with Crippen LogP contribution < -0.4 is 5.32 Å². The van der Waals surface area contributed by atoms with E-state index in [1.54, 1.807) is 23.1 Å². The predicted molar refractivity (Wildman–Crippen MR) is 63.1 cm³/mol. The van der Waals surface area contributed by atoms with Gasteiger partial charge < -0.3 is 10.1 Å². The summed E-state index contributed by atoms with van der Waals surface area (Å²) in [5.74, 6) is 1.33. The molecule has 1 fully saturated rings. The minimum absolute atomic E-state index is 0.0743. The maximum atomic E-state index is 5.14. The molecule has 7 nitrogen and oxygen atoms in total. The van der Waals surface area contributed by atoms with Crippen molar-refractivity contribution in [3.63, 3.8) is 0 Å². The molecule has 1 saturated heterocycles. The second kappa shape index (κ2) is 4.79. The normalized spacial score (nSPS) is 17.4. The van der Waals surface area contributed by atoms with Gasteiger partial charge in [0, 0.05) is 12.4 Å². The van der Waals surface area contributed by atoms with Crippen LogP contribution in [0.25, 0.3) is 5.95 Å². The van der Waals surface area contributed by atoms with Crippen molar-refractivity contribution in [1.29, 1.82) is 0 Å². The molecule has 3 rings (SSSR count). The van der Waals surface area contributed by atoms with E-state index < -0.39 is 0 Å². The van der Waals surface area contributed by atoms with Gasteiger partial charge in [0.1, 0.15) is 6.33 Å². The first kappa shape index (κ1) is 11.2. The molecule has 7 heteroatoms. The number of ether oxygens (including phenoxy) is 1. The van der Waals surface area contributed by atoms with Crippen LogP contribution in [-0.4, -0.2) is 44.0 Å². The average Bonchev–Trinajstić information content (AvgIpc) is 2.84. The summed E-state index contributed by atoms with van der Waals surface area (Å²) < 4.78 is 6.79.